The normalized spacial score (nSPS) is 14.3. The molecule has 0 aromatic carbocycles. The molecular formula is C12H19NO2S2. The zero-order valence-electron chi connectivity index (χ0n) is 10.2. The van der Waals surface area contributed by atoms with E-state index in [2.05, 4.69) is 11.4 Å². The molecule has 0 radical (unpaired) electrons. The first-order chi connectivity index (χ1) is 8.13. The molecule has 5 heteroatoms. The van der Waals surface area contributed by atoms with Crippen molar-refractivity contribution in [2.24, 2.45) is 5.92 Å². The highest BCUT2D eigenvalue weighted by atomic mass is 32.2. The summed E-state index contributed by atoms with van der Waals surface area (Å²) in [5.74, 6) is 1.50. The first-order valence-corrected chi connectivity index (χ1v) is 7.67. The molecule has 1 rings (SSSR count). The fraction of sp³-hybridized carbons (Fsp3) is 0.583. The van der Waals surface area contributed by atoms with Crippen LogP contribution in [0.3, 0.4) is 0 Å². The van der Waals surface area contributed by atoms with Crippen molar-refractivity contribution in [1.29, 1.82) is 0 Å². The van der Waals surface area contributed by atoms with E-state index >= 15 is 0 Å². The molecule has 0 saturated heterocycles. The molecule has 17 heavy (non-hydrogen) atoms. The Morgan fingerprint density at radius 1 is 1.59 bits per heavy atom. The average molecular weight is 273 g/mol. The van der Waals surface area contributed by atoms with Gasteiger partial charge >= 0.3 is 0 Å². The first kappa shape index (κ1) is 14.5. The Morgan fingerprint density at radius 2 is 2.35 bits per heavy atom. The number of aliphatic hydroxyl groups is 1. The average Bonchev–Trinajstić information content (AvgIpc) is 2.80. The van der Waals surface area contributed by atoms with Gasteiger partial charge in [-0.05, 0) is 24.3 Å². The highest BCUT2D eigenvalue weighted by Gasteiger charge is 2.13. The standard InChI is InChI=1S/C12H19NO2S2/c1-9(6-14)10(2)13-12(15)8-16-7-11-4-3-5-17-11/h3-5,9-10,14H,6-8H2,1-2H3,(H,13,15). The summed E-state index contributed by atoms with van der Waals surface area (Å²) in [4.78, 5) is 12.9. The van der Waals surface area contributed by atoms with Crippen molar-refractivity contribution in [3.8, 4) is 0 Å². The van der Waals surface area contributed by atoms with Gasteiger partial charge < -0.3 is 10.4 Å². The summed E-state index contributed by atoms with van der Waals surface area (Å²) >= 11 is 3.33. The second-order valence-corrected chi connectivity index (χ2v) is 6.11. The monoisotopic (exact) mass is 273 g/mol. The highest BCUT2D eigenvalue weighted by molar-refractivity contribution is 7.99. The van der Waals surface area contributed by atoms with Crippen molar-refractivity contribution >= 4 is 29.0 Å². The van der Waals surface area contributed by atoms with Crippen molar-refractivity contribution in [2.45, 2.75) is 25.6 Å². The molecule has 0 saturated carbocycles. The molecule has 1 aromatic heterocycles. The fourth-order valence-corrected chi connectivity index (χ4v) is 2.91. The Balaban J connectivity index is 2.17. The van der Waals surface area contributed by atoms with Crippen molar-refractivity contribution in [3.63, 3.8) is 0 Å². The van der Waals surface area contributed by atoms with E-state index in [1.807, 2.05) is 25.3 Å². The Labute approximate surface area is 111 Å². The van der Waals surface area contributed by atoms with Gasteiger partial charge in [0.05, 0.1) is 5.75 Å². The summed E-state index contributed by atoms with van der Waals surface area (Å²) in [5, 5.41) is 13.9. The molecule has 2 atom stereocenters. The number of carbonyl (C=O) groups is 1. The van der Waals surface area contributed by atoms with Gasteiger partial charge in [0, 0.05) is 23.3 Å². The van der Waals surface area contributed by atoms with Gasteiger partial charge in [-0.1, -0.05) is 13.0 Å². The molecule has 3 nitrogen and oxygen atoms in total. The molecule has 0 bridgehead atoms. The lowest BCUT2D eigenvalue weighted by Crippen LogP contribution is -2.39. The summed E-state index contributed by atoms with van der Waals surface area (Å²) < 4.78 is 0. The van der Waals surface area contributed by atoms with Gasteiger partial charge in [0.15, 0.2) is 0 Å². The zero-order chi connectivity index (χ0) is 12.7. The molecule has 1 heterocycles. The number of thiophene rings is 1. The maximum Gasteiger partial charge on any atom is 0.230 e. The largest absolute Gasteiger partial charge is 0.396 e. The van der Waals surface area contributed by atoms with Crippen LogP contribution >= 0.6 is 23.1 Å². The van der Waals surface area contributed by atoms with Gasteiger partial charge in [-0.15, -0.1) is 23.1 Å². The lowest BCUT2D eigenvalue weighted by Gasteiger charge is -2.18. The van der Waals surface area contributed by atoms with Crippen LogP contribution in [0.2, 0.25) is 0 Å². The summed E-state index contributed by atoms with van der Waals surface area (Å²) in [7, 11) is 0. The van der Waals surface area contributed by atoms with Crippen LogP contribution in [0, 0.1) is 5.92 Å². The number of aliphatic hydroxyl groups excluding tert-OH is 1. The van der Waals surface area contributed by atoms with Crippen molar-refractivity contribution in [1.82, 2.24) is 5.32 Å². The Kier molecular flexibility index (Phi) is 6.62. The van der Waals surface area contributed by atoms with E-state index in [-0.39, 0.29) is 24.5 Å². The van der Waals surface area contributed by atoms with Gasteiger partial charge in [-0.25, -0.2) is 0 Å². The van der Waals surface area contributed by atoms with Crippen molar-refractivity contribution in [2.75, 3.05) is 12.4 Å². The Bertz CT molecular complexity index is 327. The molecular weight excluding hydrogens is 254 g/mol. The molecule has 0 spiro atoms. The van der Waals surface area contributed by atoms with Gasteiger partial charge in [0.2, 0.25) is 5.91 Å². The minimum Gasteiger partial charge on any atom is -0.396 e. The van der Waals surface area contributed by atoms with Gasteiger partial charge in [-0.3, -0.25) is 4.79 Å². The Morgan fingerprint density at radius 3 is 2.94 bits per heavy atom. The number of hydrogen-bond acceptors (Lipinski definition) is 4. The predicted octanol–water partition coefficient (Wildman–Crippen LogP) is 2.11. The molecule has 2 N–H and O–H groups in total. The van der Waals surface area contributed by atoms with E-state index in [4.69, 9.17) is 5.11 Å². The van der Waals surface area contributed by atoms with Crippen LogP contribution in [0.25, 0.3) is 0 Å². The van der Waals surface area contributed by atoms with Gasteiger partial charge in [0.25, 0.3) is 0 Å². The van der Waals surface area contributed by atoms with E-state index in [9.17, 15) is 4.79 Å². The van der Waals surface area contributed by atoms with Crippen LogP contribution in [0.1, 0.15) is 18.7 Å². The molecule has 0 aliphatic carbocycles. The van der Waals surface area contributed by atoms with E-state index in [0.717, 1.165) is 5.75 Å². The third-order valence-corrected chi connectivity index (χ3v) is 4.63. The number of amides is 1. The molecule has 0 aliphatic heterocycles. The minimum absolute atomic E-state index is 0.0230. The fourth-order valence-electron chi connectivity index (χ4n) is 1.23. The van der Waals surface area contributed by atoms with Crippen LogP contribution < -0.4 is 5.32 Å². The molecule has 96 valence electrons. The smallest absolute Gasteiger partial charge is 0.230 e. The van der Waals surface area contributed by atoms with E-state index < -0.39 is 0 Å². The second kappa shape index (κ2) is 7.74. The van der Waals surface area contributed by atoms with Gasteiger partial charge in [0.1, 0.15) is 0 Å². The topological polar surface area (TPSA) is 49.3 Å². The number of carbonyl (C=O) groups excluding carboxylic acids is 1. The first-order valence-electron chi connectivity index (χ1n) is 5.63. The summed E-state index contributed by atoms with van der Waals surface area (Å²) in [6, 6.07) is 4.12. The maximum absolute atomic E-state index is 11.6. The third-order valence-electron chi connectivity index (χ3n) is 2.59. The molecule has 2 unspecified atom stereocenters. The van der Waals surface area contributed by atoms with E-state index in [0.29, 0.717) is 5.75 Å². The lowest BCUT2D eigenvalue weighted by molar-refractivity contribution is -0.119. The lowest BCUT2D eigenvalue weighted by atomic mass is 10.1. The molecule has 1 aromatic rings. The number of nitrogens with one attached hydrogen (secondary N) is 1. The predicted molar refractivity (Wildman–Crippen MR) is 74.3 cm³/mol. The van der Waals surface area contributed by atoms with Crippen molar-refractivity contribution in [3.05, 3.63) is 22.4 Å². The van der Waals surface area contributed by atoms with E-state index in [1.54, 1.807) is 23.1 Å². The highest BCUT2D eigenvalue weighted by Crippen LogP contribution is 2.16. The molecule has 1 amide bonds. The minimum atomic E-state index is 0.0230. The number of thioether (sulfide) groups is 1. The summed E-state index contributed by atoms with van der Waals surface area (Å²) in [6.07, 6.45) is 0. The SMILES string of the molecule is CC(CO)C(C)NC(=O)CSCc1cccs1. The van der Waals surface area contributed by atoms with Crippen LogP contribution in [-0.2, 0) is 10.5 Å². The quantitative estimate of drug-likeness (QED) is 0.800. The maximum atomic E-state index is 11.6. The number of rotatable bonds is 7. The second-order valence-electron chi connectivity index (χ2n) is 4.09. The Hall–Kier alpha value is -0.520. The van der Waals surface area contributed by atoms with Crippen LogP contribution in [0.5, 0.6) is 0 Å². The van der Waals surface area contributed by atoms with Gasteiger partial charge in [-0.2, -0.15) is 0 Å². The van der Waals surface area contributed by atoms with Crippen LogP contribution in [0.15, 0.2) is 17.5 Å². The molecule has 0 fully saturated rings. The zero-order valence-corrected chi connectivity index (χ0v) is 11.8. The molecule has 0 aliphatic rings. The number of hydrogen-bond donors (Lipinski definition) is 2. The van der Waals surface area contributed by atoms with E-state index in [1.165, 1.54) is 4.88 Å². The van der Waals surface area contributed by atoms with Crippen LogP contribution in [0.4, 0.5) is 0 Å². The van der Waals surface area contributed by atoms with Crippen molar-refractivity contribution < 1.29 is 9.90 Å². The summed E-state index contributed by atoms with van der Waals surface area (Å²) in [5.41, 5.74) is 0. The summed E-state index contributed by atoms with van der Waals surface area (Å²) in [6.45, 7) is 3.94. The van der Waals surface area contributed by atoms with Crippen LogP contribution in [-0.4, -0.2) is 29.4 Å². The third kappa shape index (κ3) is 5.57.